The Hall–Kier alpha value is -1.44. The van der Waals surface area contributed by atoms with Crippen LogP contribution in [-0.4, -0.2) is 6.04 Å². The Bertz CT molecular complexity index is 450. The first-order chi connectivity index (χ1) is 8.27. The molecule has 0 radical (unpaired) electrons. The lowest BCUT2D eigenvalue weighted by atomic mass is 9.82. The van der Waals surface area contributed by atoms with Gasteiger partial charge in [-0.1, -0.05) is 30.5 Å². The van der Waals surface area contributed by atoms with Crippen molar-refractivity contribution in [2.75, 3.05) is 10.6 Å². The molecule has 0 saturated heterocycles. The molecule has 17 heavy (non-hydrogen) atoms. The van der Waals surface area contributed by atoms with Gasteiger partial charge >= 0.3 is 0 Å². The molecule has 2 N–H and O–H groups in total. The van der Waals surface area contributed by atoms with Gasteiger partial charge in [0.05, 0.1) is 11.4 Å². The van der Waals surface area contributed by atoms with Gasteiger partial charge in [-0.25, -0.2) is 0 Å². The van der Waals surface area contributed by atoms with Crippen LogP contribution in [0.15, 0.2) is 36.0 Å². The molecule has 1 aromatic carbocycles. The van der Waals surface area contributed by atoms with Gasteiger partial charge in [0.1, 0.15) is 0 Å². The fourth-order valence-electron chi connectivity index (χ4n) is 3.36. The second-order valence-electron chi connectivity index (χ2n) is 5.30. The van der Waals surface area contributed by atoms with E-state index in [9.17, 15) is 0 Å². The molecule has 2 aliphatic rings. The van der Waals surface area contributed by atoms with E-state index in [-0.39, 0.29) is 0 Å². The van der Waals surface area contributed by atoms with Crippen molar-refractivity contribution in [1.29, 1.82) is 0 Å². The van der Waals surface area contributed by atoms with Gasteiger partial charge < -0.3 is 10.6 Å². The summed E-state index contributed by atoms with van der Waals surface area (Å²) >= 11 is 0. The number of rotatable bonds is 1. The van der Waals surface area contributed by atoms with Crippen LogP contribution >= 0.6 is 0 Å². The molecular weight excluding hydrogens is 208 g/mol. The molecular formula is C15H20N2. The highest BCUT2D eigenvalue weighted by Crippen LogP contribution is 2.42. The maximum Gasteiger partial charge on any atom is 0.0642 e. The number of para-hydroxylation sites is 2. The van der Waals surface area contributed by atoms with Crippen molar-refractivity contribution in [2.24, 2.45) is 5.92 Å². The highest BCUT2D eigenvalue weighted by atomic mass is 15.2. The van der Waals surface area contributed by atoms with Crippen molar-refractivity contribution in [1.82, 2.24) is 0 Å². The second kappa shape index (κ2) is 4.10. The normalized spacial score (nSPS) is 27.8. The van der Waals surface area contributed by atoms with E-state index < -0.39 is 0 Å². The van der Waals surface area contributed by atoms with Crippen LogP contribution in [0.5, 0.6) is 0 Å². The minimum atomic E-state index is 0.647. The maximum atomic E-state index is 6.10. The summed E-state index contributed by atoms with van der Waals surface area (Å²) in [5.41, 5.74) is 9.70. The lowest BCUT2D eigenvalue weighted by Crippen LogP contribution is -2.34. The Kier molecular flexibility index (Phi) is 2.58. The number of anilines is 2. The van der Waals surface area contributed by atoms with E-state index in [1.807, 2.05) is 12.1 Å². The van der Waals surface area contributed by atoms with E-state index in [0.717, 1.165) is 11.6 Å². The molecule has 0 spiro atoms. The van der Waals surface area contributed by atoms with E-state index in [0.29, 0.717) is 6.04 Å². The quantitative estimate of drug-likeness (QED) is 0.745. The molecule has 1 fully saturated rings. The Morgan fingerprint density at radius 1 is 1.18 bits per heavy atom. The van der Waals surface area contributed by atoms with Crippen LogP contribution in [0.25, 0.3) is 0 Å². The largest absolute Gasteiger partial charge is 0.397 e. The van der Waals surface area contributed by atoms with Crippen molar-refractivity contribution in [3.05, 3.63) is 36.0 Å². The third-order valence-electron chi connectivity index (χ3n) is 4.23. The number of hydrogen-bond donors (Lipinski definition) is 1. The molecule has 1 saturated carbocycles. The minimum Gasteiger partial charge on any atom is -0.397 e. The molecule has 0 unspecified atom stereocenters. The number of nitrogens with zero attached hydrogens (tertiary/aromatic N) is 1. The Labute approximate surface area is 103 Å². The Balaban J connectivity index is 1.96. The molecule has 0 aromatic heterocycles. The number of nitrogens with two attached hydrogens (primary N) is 1. The number of hydrogen-bond acceptors (Lipinski definition) is 2. The van der Waals surface area contributed by atoms with E-state index in [1.165, 1.54) is 36.9 Å². The van der Waals surface area contributed by atoms with Gasteiger partial charge in [0.2, 0.25) is 0 Å². The highest BCUT2D eigenvalue weighted by Gasteiger charge is 2.35. The zero-order chi connectivity index (χ0) is 11.8. The van der Waals surface area contributed by atoms with Crippen LogP contribution in [0.4, 0.5) is 11.4 Å². The third kappa shape index (κ3) is 1.72. The summed E-state index contributed by atoms with van der Waals surface area (Å²) in [5.74, 6) is 0.753. The first kappa shape index (κ1) is 10.7. The summed E-state index contributed by atoms with van der Waals surface area (Å²) in [4.78, 5) is 2.41. The lowest BCUT2D eigenvalue weighted by molar-refractivity contribution is 0.363. The summed E-state index contributed by atoms with van der Waals surface area (Å²) in [7, 11) is 0. The first-order valence-electron chi connectivity index (χ1n) is 6.58. The topological polar surface area (TPSA) is 29.3 Å². The predicted molar refractivity (Wildman–Crippen MR) is 72.8 cm³/mol. The Morgan fingerprint density at radius 2 is 1.94 bits per heavy atom. The monoisotopic (exact) mass is 228 g/mol. The molecule has 2 heteroatoms. The van der Waals surface area contributed by atoms with Gasteiger partial charge in [-0.05, 0) is 31.9 Å². The summed E-state index contributed by atoms with van der Waals surface area (Å²) in [6.45, 7) is 2.27. The van der Waals surface area contributed by atoms with Gasteiger partial charge in [0.15, 0.2) is 0 Å². The molecule has 2 nitrogen and oxygen atoms in total. The smallest absolute Gasteiger partial charge is 0.0642 e. The minimum absolute atomic E-state index is 0.647. The fourth-order valence-corrected chi connectivity index (χ4v) is 3.36. The van der Waals surface area contributed by atoms with Gasteiger partial charge in [-0.2, -0.15) is 0 Å². The van der Waals surface area contributed by atoms with Gasteiger partial charge in [-0.15, -0.1) is 0 Å². The number of fused-ring (bicyclic) bond motifs is 1. The molecule has 0 amide bonds. The first-order valence-corrected chi connectivity index (χ1v) is 6.58. The molecule has 1 aromatic rings. The fraction of sp³-hybridized carbons (Fsp3) is 0.467. The van der Waals surface area contributed by atoms with Gasteiger partial charge in [0, 0.05) is 18.2 Å². The zero-order valence-corrected chi connectivity index (χ0v) is 10.4. The van der Waals surface area contributed by atoms with E-state index >= 15 is 0 Å². The standard InChI is InChI=1S/C15H20N2/c1-11-10-17(14-8-4-2-6-12(11)14)15-9-5-3-7-13(15)16/h3,5,7,9-10,12,14H,2,4,6,8,16H2,1H3/t12-,14-/m1/s1. The SMILES string of the molecule is CC1=CN(c2ccccc2N)[C@@H]2CCCC[C@H]12. The summed E-state index contributed by atoms with van der Waals surface area (Å²) in [5, 5.41) is 0. The molecule has 1 aliphatic carbocycles. The molecule has 2 atom stereocenters. The van der Waals surface area contributed by atoms with Crippen molar-refractivity contribution in [2.45, 2.75) is 38.6 Å². The van der Waals surface area contributed by atoms with E-state index in [4.69, 9.17) is 5.73 Å². The van der Waals surface area contributed by atoms with E-state index in [1.54, 1.807) is 0 Å². The lowest BCUT2D eigenvalue weighted by Gasteiger charge is -2.34. The van der Waals surface area contributed by atoms with Crippen LogP contribution in [0.1, 0.15) is 32.6 Å². The van der Waals surface area contributed by atoms with Crippen molar-refractivity contribution >= 4 is 11.4 Å². The van der Waals surface area contributed by atoms with Crippen LogP contribution < -0.4 is 10.6 Å². The van der Waals surface area contributed by atoms with Gasteiger partial charge in [-0.3, -0.25) is 0 Å². The highest BCUT2D eigenvalue weighted by molar-refractivity contribution is 5.70. The second-order valence-corrected chi connectivity index (χ2v) is 5.30. The molecule has 1 heterocycles. The van der Waals surface area contributed by atoms with Crippen molar-refractivity contribution in [3.63, 3.8) is 0 Å². The average Bonchev–Trinajstić information content (AvgIpc) is 2.68. The van der Waals surface area contributed by atoms with Crippen molar-refractivity contribution in [3.8, 4) is 0 Å². The van der Waals surface area contributed by atoms with Crippen LogP contribution in [0.3, 0.4) is 0 Å². The number of benzene rings is 1. The summed E-state index contributed by atoms with van der Waals surface area (Å²) < 4.78 is 0. The van der Waals surface area contributed by atoms with Crippen LogP contribution in [0, 0.1) is 5.92 Å². The Morgan fingerprint density at radius 3 is 2.76 bits per heavy atom. The predicted octanol–water partition coefficient (Wildman–Crippen LogP) is 3.55. The molecule has 3 rings (SSSR count). The van der Waals surface area contributed by atoms with Crippen LogP contribution in [0.2, 0.25) is 0 Å². The van der Waals surface area contributed by atoms with Crippen LogP contribution in [-0.2, 0) is 0 Å². The number of nitrogen functional groups attached to an aromatic ring is 1. The molecule has 0 bridgehead atoms. The average molecular weight is 228 g/mol. The third-order valence-corrected chi connectivity index (χ3v) is 4.23. The van der Waals surface area contributed by atoms with E-state index in [2.05, 4.69) is 30.2 Å². The van der Waals surface area contributed by atoms with Crippen molar-refractivity contribution < 1.29 is 0 Å². The molecule has 90 valence electrons. The van der Waals surface area contributed by atoms with Gasteiger partial charge in [0.25, 0.3) is 0 Å². The summed E-state index contributed by atoms with van der Waals surface area (Å²) in [6, 6.07) is 8.85. The maximum absolute atomic E-state index is 6.10. The summed E-state index contributed by atoms with van der Waals surface area (Å²) in [6.07, 6.45) is 7.69. The zero-order valence-electron chi connectivity index (χ0n) is 10.4. The molecule has 1 aliphatic heterocycles.